The van der Waals surface area contributed by atoms with Crippen molar-refractivity contribution < 1.29 is 18.9 Å². The van der Waals surface area contributed by atoms with Gasteiger partial charge < -0.3 is 9.15 Å². The number of hydrogen-bond acceptors (Lipinski definition) is 6. The number of hydrogen-bond donors (Lipinski definition) is 0. The number of aromatic nitrogens is 1. The molecule has 0 aliphatic heterocycles. The lowest BCUT2D eigenvalue weighted by atomic mass is 10.2. The predicted molar refractivity (Wildman–Crippen MR) is 88.0 cm³/mol. The summed E-state index contributed by atoms with van der Waals surface area (Å²) in [7, 11) is 0. The van der Waals surface area contributed by atoms with Crippen LogP contribution < -0.4 is 5.76 Å². The van der Waals surface area contributed by atoms with E-state index >= 15 is 0 Å². The summed E-state index contributed by atoms with van der Waals surface area (Å²) in [6.45, 7) is 0.160. The first-order chi connectivity index (χ1) is 12.0. The molecule has 1 heterocycles. The normalized spacial score (nSPS) is 10.7. The Bertz CT molecular complexity index is 971. The molecule has 0 aliphatic carbocycles. The van der Waals surface area contributed by atoms with E-state index in [9.17, 15) is 19.7 Å². The number of carbonyl (C=O) groups is 1. The van der Waals surface area contributed by atoms with Crippen LogP contribution in [0.1, 0.15) is 12.0 Å². The van der Waals surface area contributed by atoms with E-state index in [4.69, 9.17) is 9.15 Å². The van der Waals surface area contributed by atoms with Crippen molar-refractivity contribution in [2.45, 2.75) is 19.6 Å². The van der Waals surface area contributed by atoms with Crippen molar-refractivity contribution in [1.82, 2.24) is 4.57 Å². The summed E-state index contributed by atoms with van der Waals surface area (Å²) in [5.74, 6) is -1.00. The molecule has 0 bridgehead atoms. The van der Waals surface area contributed by atoms with Gasteiger partial charge in [-0.2, -0.15) is 0 Å². The Morgan fingerprint density at radius 1 is 1.16 bits per heavy atom. The van der Waals surface area contributed by atoms with Crippen LogP contribution in [0.15, 0.2) is 57.7 Å². The van der Waals surface area contributed by atoms with E-state index < -0.39 is 16.6 Å². The van der Waals surface area contributed by atoms with Gasteiger partial charge in [0.1, 0.15) is 6.61 Å². The molecule has 8 nitrogen and oxygen atoms in total. The van der Waals surface area contributed by atoms with Gasteiger partial charge in [0.05, 0.1) is 16.9 Å². The Labute approximate surface area is 141 Å². The van der Waals surface area contributed by atoms with Gasteiger partial charge in [0.25, 0.3) is 5.69 Å². The number of rotatable bonds is 6. The van der Waals surface area contributed by atoms with Crippen molar-refractivity contribution in [3.05, 3.63) is 74.8 Å². The summed E-state index contributed by atoms with van der Waals surface area (Å²) in [6, 6.07) is 12.7. The number of carbonyl (C=O) groups excluding carboxylic acids is 1. The van der Waals surface area contributed by atoms with Crippen molar-refractivity contribution >= 4 is 22.8 Å². The van der Waals surface area contributed by atoms with Gasteiger partial charge in [0.15, 0.2) is 5.58 Å². The molecule has 0 unspecified atom stereocenters. The van der Waals surface area contributed by atoms with Crippen LogP contribution in [0.3, 0.4) is 0 Å². The molecule has 0 spiro atoms. The molecule has 2 aromatic carbocycles. The monoisotopic (exact) mass is 342 g/mol. The van der Waals surface area contributed by atoms with Gasteiger partial charge in [0.2, 0.25) is 0 Å². The number of non-ortho nitro benzene ring substituents is 1. The molecular formula is C17H14N2O6. The maximum absolute atomic E-state index is 11.9. The lowest BCUT2D eigenvalue weighted by Gasteiger charge is -2.05. The average Bonchev–Trinajstić information content (AvgIpc) is 2.93. The molecule has 0 N–H and O–H groups in total. The molecular weight excluding hydrogens is 328 g/mol. The van der Waals surface area contributed by atoms with E-state index in [-0.39, 0.29) is 25.3 Å². The van der Waals surface area contributed by atoms with Crippen LogP contribution in [0.4, 0.5) is 5.69 Å². The number of oxazole rings is 1. The Balaban J connectivity index is 1.57. The molecule has 3 aromatic rings. The number of benzene rings is 2. The zero-order valence-corrected chi connectivity index (χ0v) is 13.1. The minimum Gasteiger partial charge on any atom is -0.461 e. The third-order valence-corrected chi connectivity index (χ3v) is 3.66. The number of nitrogens with zero attached hydrogens (tertiary/aromatic N) is 2. The predicted octanol–water partition coefficient (Wildman–Crippen LogP) is 2.64. The van der Waals surface area contributed by atoms with Crippen LogP contribution in [0.2, 0.25) is 0 Å². The summed E-state index contributed by atoms with van der Waals surface area (Å²) in [4.78, 5) is 33.7. The van der Waals surface area contributed by atoms with Gasteiger partial charge in [-0.05, 0) is 29.8 Å². The van der Waals surface area contributed by atoms with Gasteiger partial charge in [-0.1, -0.05) is 12.1 Å². The highest BCUT2D eigenvalue weighted by Gasteiger charge is 2.11. The molecule has 0 fully saturated rings. The van der Waals surface area contributed by atoms with Crippen LogP contribution in [-0.4, -0.2) is 15.5 Å². The molecule has 0 radical (unpaired) electrons. The Kier molecular flexibility index (Phi) is 4.60. The van der Waals surface area contributed by atoms with Crippen molar-refractivity contribution in [3.8, 4) is 0 Å². The van der Waals surface area contributed by atoms with Gasteiger partial charge in [-0.3, -0.25) is 19.5 Å². The van der Waals surface area contributed by atoms with E-state index in [2.05, 4.69) is 0 Å². The highest BCUT2D eigenvalue weighted by atomic mass is 16.6. The summed E-state index contributed by atoms with van der Waals surface area (Å²) >= 11 is 0. The topological polar surface area (TPSA) is 105 Å². The number of para-hydroxylation sites is 2. The average molecular weight is 342 g/mol. The first-order valence-corrected chi connectivity index (χ1v) is 7.52. The fraction of sp³-hybridized carbons (Fsp3) is 0.176. The fourth-order valence-electron chi connectivity index (χ4n) is 2.38. The standard InChI is InChI=1S/C17H14N2O6/c20-16(24-11-12-5-7-13(8-6-12)19(22)23)9-10-18-14-3-1-2-4-15(14)25-17(18)21/h1-8H,9-11H2. The van der Waals surface area contributed by atoms with E-state index in [0.29, 0.717) is 16.7 Å². The zero-order chi connectivity index (χ0) is 17.8. The zero-order valence-electron chi connectivity index (χ0n) is 13.1. The first-order valence-electron chi connectivity index (χ1n) is 7.52. The molecule has 0 amide bonds. The summed E-state index contributed by atoms with van der Waals surface area (Å²) in [6.07, 6.45) is 0.0103. The van der Waals surface area contributed by atoms with Gasteiger partial charge in [-0.15, -0.1) is 0 Å². The number of fused-ring (bicyclic) bond motifs is 1. The third-order valence-electron chi connectivity index (χ3n) is 3.66. The molecule has 0 aliphatic rings. The highest BCUT2D eigenvalue weighted by Crippen LogP contribution is 2.14. The van der Waals surface area contributed by atoms with Crippen LogP contribution >= 0.6 is 0 Å². The lowest BCUT2D eigenvalue weighted by Crippen LogP contribution is -2.17. The molecule has 25 heavy (non-hydrogen) atoms. The summed E-state index contributed by atoms with van der Waals surface area (Å²) in [5.41, 5.74) is 1.70. The molecule has 0 saturated carbocycles. The van der Waals surface area contributed by atoms with Crippen molar-refractivity contribution in [1.29, 1.82) is 0 Å². The number of nitro groups is 1. The smallest absolute Gasteiger partial charge is 0.419 e. The Hall–Kier alpha value is -3.42. The quantitative estimate of drug-likeness (QED) is 0.387. The third kappa shape index (κ3) is 3.74. The van der Waals surface area contributed by atoms with Crippen molar-refractivity contribution in [2.24, 2.45) is 0 Å². The molecule has 0 saturated heterocycles. The van der Waals surface area contributed by atoms with E-state index in [1.54, 1.807) is 24.3 Å². The second-order valence-corrected chi connectivity index (χ2v) is 5.32. The highest BCUT2D eigenvalue weighted by molar-refractivity contribution is 5.73. The van der Waals surface area contributed by atoms with E-state index in [1.807, 2.05) is 0 Å². The second kappa shape index (κ2) is 7.00. The summed E-state index contributed by atoms with van der Waals surface area (Å²) in [5, 5.41) is 10.6. The van der Waals surface area contributed by atoms with Crippen LogP contribution in [0, 0.1) is 10.1 Å². The largest absolute Gasteiger partial charge is 0.461 e. The van der Waals surface area contributed by atoms with Gasteiger partial charge >= 0.3 is 11.7 Å². The van der Waals surface area contributed by atoms with Gasteiger partial charge in [0, 0.05) is 18.7 Å². The van der Waals surface area contributed by atoms with Crippen molar-refractivity contribution in [2.75, 3.05) is 0 Å². The first kappa shape index (κ1) is 16.4. The molecule has 1 aromatic heterocycles. The van der Waals surface area contributed by atoms with Crippen LogP contribution in [0.5, 0.6) is 0 Å². The van der Waals surface area contributed by atoms with E-state index in [1.165, 1.54) is 28.8 Å². The lowest BCUT2D eigenvalue weighted by molar-refractivity contribution is -0.384. The molecule has 8 heteroatoms. The number of ether oxygens (including phenoxy) is 1. The van der Waals surface area contributed by atoms with Crippen molar-refractivity contribution in [3.63, 3.8) is 0 Å². The molecule has 0 atom stereocenters. The number of esters is 1. The summed E-state index contributed by atoms with van der Waals surface area (Å²) < 4.78 is 11.6. The van der Waals surface area contributed by atoms with Crippen LogP contribution in [-0.2, 0) is 22.7 Å². The van der Waals surface area contributed by atoms with Crippen LogP contribution in [0.25, 0.3) is 11.1 Å². The molecule has 128 valence electrons. The minimum absolute atomic E-state index is 0.0103. The number of aryl methyl sites for hydroxylation is 1. The minimum atomic E-state index is -0.524. The fourth-order valence-corrected chi connectivity index (χ4v) is 2.38. The van der Waals surface area contributed by atoms with Gasteiger partial charge in [-0.25, -0.2) is 4.79 Å². The number of nitro benzene ring substituents is 1. The Morgan fingerprint density at radius 2 is 1.88 bits per heavy atom. The maximum atomic E-state index is 11.9. The van der Waals surface area contributed by atoms with E-state index in [0.717, 1.165) is 0 Å². The second-order valence-electron chi connectivity index (χ2n) is 5.32. The molecule has 3 rings (SSSR count). The Morgan fingerprint density at radius 3 is 2.60 bits per heavy atom. The maximum Gasteiger partial charge on any atom is 0.419 e. The SMILES string of the molecule is O=C(CCn1c(=O)oc2ccccc21)OCc1ccc([N+](=O)[O-])cc1.